The number of methoxy groups -OCH3 is 1. The molecule has 0 saturated carbocycles. The summed E-state index contributed by atoms with van der Waals surface area (Å²) in [6, 6.07) is 5.26. The van der Waals surface area contributed by atoms with Gasteiger partial charge in [0.05, 0.1) is 18.8 Å². The molecule has 0 aliphatic heterocycles. The molecule has 0 saturated heterocycles. The van der Waals surface area contributed by atoms with Crippen LogP contribution in [0.1, 0.15) is 39.4 Å². The van der Waals surface area contributed by atoms with Crippen molar-refractivity contribution in [2.45, 2.75) is 39.4 Å². The van der Waals surface area contributed by atoms with Crippen LogP contribution in [0, 0.1) is 5.92 Å². The minimum Gasteiger partial charge on any atom is -0.497 e. The number of rotatable bonds is 6. The van der Waals surface area contributed by atoms with Crippen LogP contribution in [-0.4, -0.2) is 29.5 Å². The summed E-state index contributed by atoms with van der Waals surface area (Å²) < 4.78 is 10.8. The summed E-state index contributed by atoms with van der Waals surface area (Å²) in [6.45, 7) is 7.45. The minimum atomic E-state index is -0.918. The van der Waals surface area contributed by atoms with Crippen LogP contribution in [0.2, 0.25) is 0 Å². The van der Waals surface area contributed by atoms with Crippen molar-refractivity contribution in [1.29, 1.82) is 0 Å². The van der Waals surface area contributed by atoms with Crippen molar-refractivity contribution >= 4 is 0 Å². The summed E-state index contributed by atoms with van der Waals surface area (Å²) in [4.78, 5) is 0. The molecule has 4 heteroatoms. The van der Waals surface area contributed by atoms with Crippen LogP contribution in [0.5, 0.6) is 11.5 Å². The Hall–Kier alpha value is -1.26. The SMILES string of the molecule is COc1ccc(C(C)O)c(OCC(C)(O)C(C)C)c1. The van der Waals surface area contributed by atoms with Gasteiger partial charge >= 0.3 is 0 Å². The molecule has 0 radical (unpaired) electrons. The minimum absolute atomic E-state index is 0.0770. The Labute approximate surface area is 115 Å². The maximum atomic E-state index is 10.2. The van der Waals surface area contributed by atoms with Gasteiger partial charge in [0.25, 0.3) is 0 Å². The standard InChI is InChI=1S/C15H24O4/c1-10(2)15(4,17)9-19-14-8-12(18-5)6-7-13(14)11(3)16/h6-8,10-11,16-17H,9H2,1-5H3. The zero-order chi connectivity index (χ0) is 14.6. The van der Waals surface area contributed by atoms with Crippen molar-refractivity contribution in [3.8, 4) is 11.5 Å². The van der Waals surface area contributed by atoms with Gasteiger partial charge in [0.1, 0.15) is 18.1 Å². The number of aliphatic hydroxyl groups excluding tert-OH is 1. The first-order valence-corrected chi connectivity index (χ1v) is 6.49. The average Bonchev–Trinajstić information content (AvgIpc) is 2.35. The molecule has 0 aliphatic rings. The van der Waals surface area contributed by atoms with E-state index in [2.05, 4.69) is 0 Å². The lowest BCUT2D eigenvalue weighted by Gasteiger charge is -2.28. The van der Waals surface area contributed by atoms with E-state index in [9.17, 15) is 10.2 Å². The lowest BCUT2D eigenvalue weighted by Crippen LogP contribution is -2.38. The Morgan fingerprint density at radius 2 is 1.89 bits per heavy atom. The predicted octanol–water partition coefficient (Wildman–Crippen LogP) is 2.53. The van der Waals surface area contributed by atoms with Gasteiger partial charge in [0.15, 0.2) is 0 Å². The van der Waals surface area contributed by atoms with Crippen molar-refractivity contribution in [2.24, 2.45) is 5.92 Å². The number of hydrogen-bond donors (Lipinski definition) is 2. The predicted molar refractivity (Wildman–Crippen MR) is 74.6 cm³/mol. The second-order valence-corrected chi connectivity index (χ2v) is 5.38. The number of aliphatic hydroxyl groups is 2. The van der Waals surface area contributed by atoms with Crippen molar-refractivity contribution in [2.75, 3.05) is 13.7 Å². The van der Waals surface area contributed by atoms with Crippen LogP contribution in [0.3, 0.4) is 0 Å². The zero-order valence-electron chi connectivity index (χ0n) is 12.3. The molecule has 2 atom stereocenters. The Morgan fingerprint density at radius 1 is 1.26 bits per heavy atom. The van der Waals surface area contributed by atoms with E-state index in [1.165, 1.54) is 0 Å². The van der Waals surface area contributed by atoms with Crippen LogP contribution < -0.4 is 9.47 Å². The van der Waals surface area contributed by atoms with E-state index in [0.29, 0.717) is 17.1 Å². The molecule has 0 amide bonds. The summed E-state index contributed by atoms with van der Waals surface area (Å²) in [7, 11) is 1.57. The monoisotopic (exact) mass is 268 g/mol. The third kappa shape index (κ3) is 4.11. The summed E-state index contributed by atoms with van der Waals surface area (Å²) in [5, 5.41) is 19.9. The second-order valence-electron chi connectivity index (χ2n) is 5.38. The van der Waals surface area contributed by atoms with Crippen LogP contribution in [-0.2, 0) is 0 Å². The molecular formula is C15H24O4. The lowest BCUT2D eigenvalue weighted by atomic mass is 9.94. The quantitative estimate of drug-likeness (QED) is 0.832. The molecule has 0 fully saturated rings. The highest BCUT2D eigenvalue weighted by Gasteiger charge is 2.26. The van der Waals surface area contributed by atoms with E-state index in [-0.39, 0.29) is 12.5 Å². The van der Waals surface area contributed by atoms with Gasteiger partial charge < -0.3 is 19.7 Å². The number of hydrogen-bond acceptors (Lipinski definition) is 4. The van der Waals surface area contributed by atoms with E-state index < -0.39 is 11.7 Å². The van der Waals surface area contributed by atoms with Gasteiger partial charge in [-0.15, -0.1) is 0 Å². The molecule has 1 rings (SSSR count). The summed E-state index contributed by atoms with van der Waals surface area (Å²) in [6.07, 6.45) is -0.634. The van der Waals surface area contributed by atoms with Gasteiger partial charge in [0, 0.05) is 11.6 Å². The molecule has 4 nitrogen and oxygen atoms in total. The molecular weight excluding hydrogens is 244 g/mol. The third-order valence-electron chi connectivity index (χ3n) is 3.43. The van der Waals surface area contributed by atoms with Gasteiger partial charge in [-0.3, -0.25) is 0 Å². The fraction of sp³-hybridized carbons (Fsp3) is 0.600. The Kier molecular flexibility index (Phi) is 5.20. The van der Waals surface area contributed by atoms with Gasteiger partial charge in [0.2, 0.25) is 0 Å². The lowest BCUT2D eigenvalue weighted by molar-refractivity contribution is -0.0273. The van der Waals surface area contributed by atoms with Gasteiger partial charge in [-0.25, -0.2) is 0 Å². The summed E-state index contributed by atoms with van der Waals surface area (Å²) in [5.74, 6) is 1.27. The summed E-state index contributed by atoms with van der Waals surface area (Å²) >= 11 is 0. The topological polar surface area (TPSA) is 58.9 Å². The van der Waals surface area contributed by atoms with Crippen LogP contribution in [0.25, 0.3) is 0 Å². The van der Waals surface area contributed by atoms with E-state index >= 15 is 0 Å². The maximum Gasteiger partial charge on any atom is 0.128 e. The first-order valence-electron chi connectivity index (χ1n) is 6.49. The summed E-state index contributed by atoms with van der Waals surface area (Å²) in [5.41, 5.74) is -0.237. The normalized spacial score (nSPS) is 16.0. The van der Waals surface area contributed by atoms with Crippen molar-refractivity contribution in [3.05, 3.63) is 23.8 Å². The Morgan fingerprint density at radius 3 is 2.37 bits per heavy atom. The highest BCUT2D eigenvalue weighted by Crippen LogP contribution is 2.30. The maximum absolute atomic E-state index is 10.2. The zero-order valence-corrected chi connectivity index (χ0v) is 12.3. The fourth-order valence-electron chi connectivity index (χ4n) is 1.50. The third-order valence-corrected chi connectivity index (χ3v) is 3.43. The molecule has 0 bridgehead atoms. The molecule has 108 valence electrons. The van der Waals surface area contributed by atoms with Crippen LogP contribution in [0.15, 0.2) is 18.2 Å². The fourth-order valence-corrected chi connectivity index (χ4v) is 1.50. The van der Waals surface area contributed by atoms with Gasteiger partial charge in [-0.05, 0) is 31.9 Å². The highest BCUT2D eigenvalue weighted by molar-refractivity contribution is 5.41. The largest absolute Gasteiger partial charge is 0.497 e. The Balaban J connectivity index is 2.92. The molecule has 19 heavy (non-hydrogen) atoms. The van der Waals surface area contributed by atoms with Gasteiger partial charge in [-0.1, -0.05) is 13.8 Å². The average molecular weight is 268 g/mol. The molecule has 1 aromatic carbocycles. The second kappa shape index (κ2) is 6.26. The molecule has 2 N–H and O–H groups in total. The van der Waals surface area contributed by atoms with E-state index in [0.717, 1.165) is 0 Å². The number of benzene rings is 1. The van der Waals surface area contributed by atoms with Crippen molar-refractivity contribution < 1.29 is 19.7 Å². The van der Waals surface area contributed by atoms with Crippen LogP contribution in [0.4, 0.5) is 0 Å². The molecule has 0 aliphatic carbocycles. The first kappa shape index (κ1) is 15.8. The van der Waals surface area contributed by atoms with Crippen molar-refractivity contribution in [1.82, 2.24) is 0 Å². The molecule has 2 unspecified atom stereocenters. The number of ether oxygens (including phenoxy) is 2. The first-order chi connectivity index (χ1) is 8.77. The van der Waals surface area contributed by atoms with Gasteiger partial charge in [-0.2, -0.15) is 0 Å². The van der Waals surface area contributed by atoms with E-state index in [4.69, 9.17) is 9.47 Å². The smallest absolute Gasteiger partial charge is 0.128 e. The highest BCUT2D eigenvalue weighted by atomic mass is 16.5. The molecule has 1 aromatic rings. The van der Waals surface area contributed by atoms with E-state index in [1.54, 1.807) is 39.2 Å². The molecule has 0 spiro atoms. The van der Waals surface area contributed by atoms with E-state index in [1.807, 2.05) is 13.8 Å². The molecule has 0 aromatic heterocycles. The molecule has 0 heterocycles. The van der Waals surface area contributed by atoms with Crippen LogP contribution >= 0.6 is 0 Å². The van der Waals surface area contributed by atoms with Crippen molar-refractivity contribution in [3.63, 3.8) is 0 Å². The Bertz CT molecular complexity index is 411.